The summed E-state index contributed by atoms with van der Waals surface area (Å²) in [6.45, 7) is 5.60. The van der Waals surface area contributed by atoms with E-state index in [0.717, 1.165) is 61.7 Å². The monoisotopic (exact) mass is 370 g/mol. The molecule has 0 spiro atoms. The van der Waals surface area contributed by atoms with E-state index in [1.54, 1.807) is 0 Å². The highest BCUT2D eigenvalue weighted by molar-refractivity contribution is 5.76. The number of piperidine rings is 1. The van der Waals surface area contributed by atoms with Gasteiger partial charge in [-0.15, -0.1) is 0 Å². The zero-order chi connectivity index (χ0) is 18.6. The van der Waals surface area contributed by atoms with Gasteiger partial charge in [0.1, 0.15) is 0 Å². The van der Waals surface area contributed by atoms with Gasteiger partial charge in [-0.2, -0.15) is 5.10 Å². The topological polar surface area (TPSA) is 85.2 Å². The number of aromatic nitrogens is 4. The fourth-order valence-corrected chi connectivity index (χ4v) is 3.65. The van der Waals surface area contributed by atoms with Crippen LogP contribution in [0.1, 0.15) is 36.1 Å². The molecule has 0 radical (unpaired) electrons. The zero-order valence-electron chi connectivity index (χ0n) is 15.7. The van der Waals surface area contributed by atoms with Gasteiger partial charge >= 0.3 is 0 Å². The first-order valence-corrected chi connectivity index (χ1v) is 9.63. The van der Waals surface area contributed by atoms with Crippen LogP contribution in [0.15, 0.2) is 18.6 Å². The van der Waals surface area contributed by atoms with E-state index in [4.69, 9.17) is 9.72 Å². The summed E-state index contributed by atoms with van der Waals surface area (Å²) < 4.78 is 7.26. The molecule has 1 N–H and O–H groups in total. The Kier molecular flexibility index (Phi) is 5.33. The fraction of sp³-hybridized carbons (Fsp3) is 0.579. The first kappa shape index (κ1) is 17.9. The van der Waals surface area contributed by atoms with Gasteiger partial charge in [-0.05, 0) is 25.3 Å². The molecule has 0 saturated carbocycles. The Morgan fingerprint density at radius 3 is 3.19 bits per heavy atom. The lowest BCUT2D eigenvalue weighted by Gasteiger charge is -2.33. The quantitative estimate of drug-likeness (QED) is 0.852. The minimum atomic E-state index is 0.0681. The molecule has 2 aliphatic heterocycles. The maximum Gasteiger partial charge on any atom is 0.225 e. The Morgan fingerprint density at radius 2 is 2.33 bits per heavy atom. The molecule has 1 saturated heterocycles. The lowest BCUT2D eigenvalue weighted by molar-refractivity contribution is -0.122. The number of nitrogens with zero attached hydrogens (tertiary/aromatic N) is 5. The number of anilines is 1. The van der Waals surface area contributed by atoms with Crippen LogP contribution in [0, 0.1) is 6.92 Å². The molecule has 1 atom stereocenters. The Bertz CT molecular complexity index is 805. The second kappa shape index (κ2) is 8.04. The van der Waals surface area contributed by atoms with E-state index in [1.807, 2.05) is 30.2 Å². The summed E-state index contributed by atoms with van der Waals surface area (Å²) in [5.74, 6) is 0.833. The van der Waals surface area contributed by atoms with Crippen LogP contribution in [0.3, 0.4) is 0 Å². The van der Waals surface area contributed by atoms with Crippen molar-refractivity contribution in [1.29, 1.82) is 0 Å². The summed E-state index contributed by atoms with van der Waals surface area (Å²) in [6.07, 6.45) is 8.92. The smallest absolute Gasteiger partial charge is 0.225 e. The van der Waals surface area contributed by atoms with Crippen LogP contribution in [0.2, 0.25) is 0 Å². The molecular weight excluding hydrogens is 344 g/mol. The van der Waals surface area contributed by atoms with Gasteiger partial charge in [0, 0.05) is 56.5 Å². The molecule has 1 amide bonds. The maximum atomic E-state index is 12.3. The number of hydrogen-bond donors (Lipinski definition) is 1. The van der Waals surface area contributed by atoms with Crippen molar-refractivity contribution in [3.05, 3.63) is 35.4 Å². The third-order valence-corrected chi connectivity index (χ3v) is 5.08. The molecule has 2 aromatic heterocycles. The fourth-order valence-electron chi connectivity index (χ4n) is 3.65. The normalized spacial score (nSPS) is 19.6. The molecule has 1 unspecified atom stereocenters. The van der Waals surface area contributed by atoms with Gasteiger partial charge in [0.25, 0.3) is 0 Å². The number of amides is 1. The summed E-state index contributed by atoms with van der Waals surface area (Å²) in [7, 11) is 0. The largest absolute Gasteiger partial charge is 0.376 e. The van der Waals surface area contributed by atoms with Gasteiger partial charge in [0.15, 0.2) is 0 Å². The highest BCUT2D eigenvalue weighted by Crippen LogP contribution is 2.20. The Hall–Kier alpha value is -2.48. The number of nitrogens with one attached hydrogen (secondary N) is 1. The minimum absolute atomic E-state index is 0.0681. The van der Waals surface area contributed by atoms with Gasteiger partial charge in [-0.3, -0.25) is 9.48 Å². The third kappa shape index (κ3) is 4.44. The van der Waals surface area contributed by atoms with E-state index in [1.165, 1.54) is 0 Å². The molecule has 0 aromatic carbocycles. The second-order valence-electron chi connectivity index (χ2n) is 7.33. The average molecular weight is 370 g/mol. The number of carbonyl (C=O) groups excluding carboxylic acids is 1. The van der Waals surface area contributed by atoms with E-state index in [2.05, 4.69) is 20.3 Å². The van der Waals surface area contributed by atoms with E-state index >= 15 is 0 Å². The van der Waals surface area contributed by atoms with Crippen molar-refractivity contribution in [3.63, 3.8) is 0 Å². The number of hydrogen-bond acceptors (Lipinski definition) is 6. The minimum Gasteiger partial charge on any atom is -0.376 e. The van der Waals surface area contributed by atoms with Crippen molar-refractivity contribution < 1.29 is 9.53 Å². The Morgan fingerprint density at radius 1 is 1.41 bits per heavy atom. The Labute approximate surface area is 158 Å². The van der Waals surface area contributed by atoms with Gasteiger partial charge in [0.05, 0.1) is 25.1 Å². The van der Waals surface area contributed by atoms with Crippen molar-refractivity contribution in [1.82, 2.24) is 25.1 Å². The molecule has 0 bridgehead atoms. The lowest BCUT2D eigenvalue weighted by Crippen LogP contribution is -2.48. The van der Waals surface area contributed by atoms with Gasteiger partial charge < -0.3 is 15.0 Å². The molecule has 8 heteroatoms. The van der Waals surface area contributed by atoms with Crippen molar-refractivity contribution in [3.8, 4) is 0 Å². The van der Waals surface area contributed by atoms with Crippen LogP contribution in [0.5, 0.6) is 0 Å². The number of ether oxygens (including phenoxy) is 1. The van der Waals surface area contributed by atoms with Gasteiger partial charge in [-0.25, -0.2) is 9.97 Å². The van der Waals surface area contributed by atoms with Crippen molar-refractivity contribution in [2.45, 2.75) is 51.8 Å². The number of rotatable bonds is 5. The number of carbonyl (C=O) groups is 1. The molecule has 4 rings (SSSR count). The molecule has 1 fully saturated rings. The average Bonchev–Trinajstić information content (AvgIpc) is 3.11. The molecule has 2 aliphatic rings. The van der Waals surface area contributed by atoms with Crippen LogP contribution in [-0.4, -0.2) is 51.4 Å². The highest BCUT2D eigenvalue weighted by atomic mass is 16.5. The molecule has 4 heterocycles. The highest BCUT2D eigenvalue weighted by Gasteiger charge is 2.24. The molecule has 2 aromatic rings. The standard InChI is InChI=1S/C19H26N6O2/c1-14-9-21-25(11-14)7-4-18(26)22-16-3-2-6-24(12-16)19-20-10-15-13-27-8-5-17(15)23-19/h9-11,16H,2-8,12-13H2,1H3,(H,22,26). The van der Waals surface area contributed by atoms with Crippen molar-refractivity contribution >= 4 is 11.9 Å². The third-order valence-electron chi connectivity index (χ3n) is 5.08. The summed E-state index contributed by atoms with van der Waals surface area (Å²) in [5.41, 5.74) is 3.28. The molecule has 0 aliphatic carbocycles. The van der Waals surface area contributed by atoms with Crippen molar-refractivity contribution in [2.24, 2.45) is 0 Å². The van der Waals surface area contributed by atoms with E-state index in [9.17, 15) is 4.79 Å². The van der Waals surface area contributed by atoms with E-state index < -0.39 is 0 Å². The zero-order valence-corrected chi connectivity index (χ0v) is 15.7. The first-order chi connectivity index (χ1) is 13.2. The number of fused-ring (bicyclic) bond motifs is 1. The van der Waals surface area contributed by atoms with Gasteiger partial charge in [0.2, 0.25) is 11.9 Å². The SMILES string of the molecule is Cc1cnn(CCC(=O)NC2CCCN(c3ncc4c(n3)CCOC4)C2)c1. The van der Waals surface area contributed by atoms with Crippen LogP contribution >= 0.6 is 0 Å². The van der Waals surface area contributed by atoms with Crippen LogP contribution in [-0.2, 0) is 29.1 Å². The molecular formula is C19H26N6O2. The van der Waals surface area contributed by atoms with Crippen molar-refractivity contribution in [2.75, 3.05) is 24.6 Å². The van der Waals surface area contributed by atoms with Crippen LogP contribution in [0.4, 0.5) is 5.95 Å². The first-order valence-electron chi connectivity index (χ1n) is 9.63. The molecule has 27 heavy (non-hydrogen) atoms. The second-order valence-corrected chi connectivity index (χ2v) is 7.33. The Balaban J connectivity index is 1.32. The molecule has 144 valence electrons. The predicted octanol–water partition coefficient (Wildman–Crippen LogP) is 1.23. The van der Waals surface area contributed by atoms with E-state index in [-0.39, 0.29) is 11.9 Å². The van der Waals surface area contributed by atoms with Crippen LogP contribution in [0.25, 0.3) is 0 Å². The lowest BCUT2D eigenvalue weighted by atomic mass is 10.1. The predicted molar refractivity (Wildman–Crippen MR) is 100 cm³/mol. The molecule has 8 nitrogen and oxygen atoms in total. The maximum absolute atomic E-state index is 12.3. The summed E-state index contributed by atoms with van der Waals surface area (Å²) in [6, 6.07) is 0.133. The van der Waals surface area contributed by atoms with Gasteiger partial charge in [-0.1, -0.05) is 0 Å². The van der Waals surface area contributed by atoms with E-state index in [0.29, 0.717) is 19.6 Å². The van der Waals surface area contributed by atoms with Crippen LogP contribution < -0.4 is 10.2 Å². The summed E-state index contributed by atoms with van der Waals surface area (Å²) in [5, 5.41) is 7.39. The number of aryl methyl sites for hydroxylation is 2. The summed E-state index contributed by atoms with van der Waals surface area (Å²) in [4.78, 5) is 23.7. The summed E-state index contributed by atoms with van der Waals surface area (Å²) >= 11 is 0.